The minimum atomic E-state index is -1.84. The van der Waals surface area contributed by atoms with E-state index in [1.165, 1.54) is 30.3 Å². The van der Waals surface area contributed by atoms with Gasteiger partial charge in [-0.1, -0.05) is 45.8 Å². The van der Waals surface area contributed by atoms with E-state index < -0.39 is 15.8 Å². The number of rotatable bonds is 11. The average molecular weight is 309 g/mol. The summed E-state index contributed by atoms with van der Waals surface area (Å²) < 4.78 is 11.3. The van der Waals surface area contributed by atoms with Crippen LogP contribution in [0.3, 0.4) is 0 Å². The third-order valence-corrected chi connectivity index (χ3v) is 18.0. The summed E-state index contributed by atoms with van der Waals surface area (Å²) in [4.78, 5) is 0. The molecule has 0 saturated heterocycles. The molecule has 0 heterocycles. The molecular formula is C13H32O2SSi2. The van der Waals surface area contributed by atoms with Gasteiger partial charge in [-0.2, -0.15) is 11.2 Å². The molecule has 110 valence electrons. The Labute approximate surface area is 120 Å². The lowest BCUT2D eigenvalue weighted by Crippen LogP contribution is -2.39. The minimum absolute atomic E-state index is 0.994. The smallest absolute Gasteiger partial charge is 0.337 e. The zero-order chi connectivity index (χ0) is 14.1. The molecule has 0 radical (unpaired) electrons. The zero-order valence-corrected chi connectivity index (χ0v) is 16.0. The van der Waals surface area contributed by atoms with E-state index in [4.69, 9.17) is 8.85 Å². The lowest BCUT2D eigenvalue weighted by atomic mass is 10.6. The Balaban J connectivity index is 4.11. The van der Waals surface area contributed by atoms with Crippen LogP contribution in [0.5, 0.6) is 0 Å². The van der Waals surface area contributed by atoms with Crippen LogP contribution in [0, 0.1) is 0 Å². The fraction of sp³-hybridized carbons (Fsp3) is 1.00. The van der Waals surface area contributed by atoms with Crippen molar-refractivity contribution in [3.63, 3.8) is 0 Å². The second-order valence-electron chi connectivity index (χ2n) is 4.87. The van der Waals surface area contributed by atoms with Crippen LogP contribution in [0.25, 0.3) is 0 Å². The molecule has 0 bridgehead atoms. The Kier molecular flexibility index (Phi) is 9.96. The highest BCUT2D eigenvalue weighted by atomic mass is 32.4. The van der Waals surface area contributed by atoms with Gasteiger partial charge < -0.3 is 8.85 Å². The van der Waals surface area contributed by atoms with Crippen LogP contribution in [0.4, 0.5) is 0 Å². The predicted molar refractivity (Wildman–Crippen MR) is 89.3 cm³/mol. The summed E-state index contributed by atoms with van der Waals surface area (Å²) in [6.07, 6.45) is 1.25. The first-order valence-electron chi connectivity index (χ1n) is 7.31. The molecule has 0 saturated carbocycles. The van der Waals surface area contributed by atoms with Gasteiger partial charge >= 0.3 is 8.56 Å². The van der Waals surface area contributed by atoms with Crippen LogP contribution < -0.4 is 0 Å². The van der Waals surface area contributed by atoms with Gasteiger partial charge in [-0.25, -0.2) is 0 Å². The highest BCUT2D eigenvalue weighted by Crippen LogP contribution is 2.34. The molecule has 5 heteroatoms. The molecule has 0 atom stereocenters. The van der Waals surface area contributed by atoms with Crippen molar-refractivity contribution in [2.45, 2.75) is 64.3 Å². The first-order valence-corrected chi connectivity index (χ1v) is 13.9. The predicted octanol–water partition coefficient (Wildman–Crippen LogP) is 4.87. The molecule has 0 rings (SSSR count). The van der Waals surface area contributed by atoms with E-state index in [0.717, 1.165) is 12.1 Å². The zero-order valence-electron chi connectivity index (χ0n) is 13.2. The molecule has 0 fully saturated rings. The summed E-state index contributed by atoms with van der Waals surface area (Å²) in [7, 11) is 0.794. The lowest BCUT2D eigenvalue weighted by molar-refractivity contribution is 0.242. The van der Waals surface area contributed by atoms with Gasteiger partial charge in [0.25, 0.3) is 0 Å². The Bertz CT molecular complexity index is 169. The molecule has 0 aliphatic heterocycles. The quantitative estimate of drug-likeness (QED) is 0.401. The molecule has 0 amide bonds. The van der Waals surface area contributed by atoms with Gasteiger partial charge in [0.2, 0.25) is 0 Å². The van der Waals surface area contributed by atoms with Crippen molar-refractivity contribution in [3.8, 4) is 0 Å². The van der Waals surface area contributed by atoms with E-state index in [9.17, 15) is 0 Å². The first-order chi connectivity index (χ1) is 8.57. The van der Waals surface area contributed by atoms with Gasteiger partial charge in [-0.15, -0.1) is 0 Å². The molecule has 0 aliphatic carbocycles. The van der Waals surface area contributed by atoms with Gasteiger partial charge in [0.05, 0.1) is 0 Å². The Morgan fingerprint density at radius 1 is 0.833 bits per heavy atom. The van der Waals surface area contributed by atoms with Crippen LogP contribution in [-0.4, -0.2) is 35.8 Å². The van der Waals surface area contributed by atoms with Crippen molar-refractivity contribution in [2.24, 2.45) is 0 Å². The second kappa shape index (κ2) is 9.58. The van der Waals surface area contributed by atoms with Gasteiger partial charge in [0.1, 0.15) is 7.22 Å². The maximum Gasteiger partial charge on any atom is 0.337 e. The largest absolute Gasteiger partial charge is 0.398 e. The monoisotopic (exact) mass is 308 g/mol. The second-order valence-corrected chi connectivity index (χ2v) is 17.4. The maximum absolute atomic E-state index is 5.67. The van der Waals surface area contributed by atoms with E-state index in [-0.39, 0.29) is 0 Å². The van der Waals surface area contributed by atoms with E-state index in [0.29, 0.717) is 0 Å². The standard InChI is InChI=1S/C13H32O2SSi2/c1-7-17(8-2,9-3)16-12-11-13-18(10-4,14-5)15-6/h7-13H2,1-6H3. The van der Waals surface area contributed by atoms with Crippen molar-refractivity contribution in [2.75, 3.05) is 20.0 Å². The third kappa shape index (κ3) is 5.37. The van der Waals surface area contributed by atoms with Crippen molar-refractivity contribution in [1.29, 1.82) is 0 Å². The maximum atomic E-state index is 5.67. The SMILES string of the molecule is CC[Si](CCCS[Si](CC)(CC)CC)(OC)OC. The summed E-state index contributed by atoms with van der Waals surface area (Å²) in [6, 6.07) is 6.44. The van der Waals surface area contributed by atoms with E-state index in [1.54, 1.807) is 0 Å². The first kappa shape index (κ1) is 18.7. The van der Waals surface area contributed by atoms with Crippen LogP contribution in [0.15, 0.2) is 0 Å². The molecule has 18 heavy (non-hydrogen) atoms. The summed E-state index contributed by atoms with van der Waals surface area (Å²) >= 11 is 2.29. The van der Waals surface area contributed by atoms with Crippen LogP contribution in [0.1, 0.15) is 34.1 Å². The molecule has 0 aromatic rings. The molecule has 0 spiro atoms. The van der Waals surface area contributed by atoms with Crippen molar-refractivity contribution < 1.29 is 8.85 Å². The van der Waals surface area contributed by atoms with Crippen molar-refractivity contribution in [1.82, 2.24) is 0 Å². The fourth-order valence-electron chi connectivity index (χ4n) is 2.44. The molecule has 0 aliphatic rings. The van der Waals surface area contributed by atoms with E-state index in [2.05, 4.69) is 38.9 Å². The van der Waals surface area contributed by atoms with Crippen LogP contribution >= 0.6 is 11.2 Å². The van der Waals surface area contributed by atoms with Gasteiger partial charge in [0.15, 0.2) is 0 Å². The highest BCUT2D eigenvalue weighted by Gasteiger charge is 2.33. The fourth-order valence-corrected chi connectivity index (χ4v) is 11.3. The third-order valence-electron chi connectivity index (χ3n) is 4.33. The molecule has 2 nitrogen and oxygen atoms in total. The highest BCUT2D eigenvalue weighted by molar-refractivity contribution is 8.28. The molecule has 0 aromatic heterocycles. The normalized spacial score (nSPS) is 13.0. The van der Waals surface area contributed by atoms with Crippen LogP contribution in [-0.2, 0) is 8.85 Å². The topological polar surface area (TPSA) is 18.5 Å². The van der Waals surface area contributed by atoms with Gasteiger partial charge in [-0.05, 0) is 24.3 Å². The summed E-state index contributed by atoms with van der Waals surface area (Å²) in [6.45, 7) is 9.32. The van der Waals surface area contributed by atoms with Gasteiger partial charge in [0, 0.05) is 14.2 Å². The minimum Gasteiger partial charge on any atom is -0.398 e. The molecule has 0 unspecified atom stereocenters. The molecular weight excluding hydrogens is 276 g/mol. The Morgan fingerprint density at radius 3 is 1.67 bits per heavy atom. The van der Waals surface area contributed by atoms with Crippen molar-refractivity contribution >= 4 is 27.0 Å². The van der Waals surface area contributed by atoms with E-state index >= 15 is 0 Å². The number of hydrogen-bond acceptors (Lipinski definition) is 3. The lowest BCUT2D eigenvalue weighted by Gasteiger charge is -2.29. The Hall–Kier alpha value is 0.704. The molecule has 0 aromatic carbocycles. The summed E-state index contributed by atoms with van der Waals surface area (Å²) in [5.74, 6) is 1.29. The van der Waals surface area contributed by atoms with Crippen molar-refractivity contribution in [3.05, 3.63) is 0 Å². The van der Waals surface area contributed by atoms with E-state index in [1.807, 2.05) is 14.2 Å². The molecule has 0 N–H and O–H groups in total. The summed E-state index contributed by atoms with van der Waals surface area (Å²) in [5.41, 5.74) is 0. The van der Waals surface area contributed by atoms with Crippen LogP contribution in [0.2, 0.25) is 30.2 Å². The number of hydrogen-bond donors (Lipinski definition) is 0. The van der Waals surface area contributed by atoms with Gasteiger partial charge in [-0.3, -0.25) is 0 Å². The Morgan fingerprint density at radius 2 is 1.33 bits per heavy atom. The average Bonchev–Trinajstić information content (AvgIpc) is 2.45. The summed E-state index contributed by atoms with van der Waals surface area (Å²) in [5, 5.41) is 0.